The average Bonchev–Trinajstić information content (AvgIpc) is 2.57. The molecule has 0 bridgehead atoms. The fourth-order valence-electron chi connectivity index (χ4n) is 2.32. The van der Waals surface area contributed by atoms with Crippen molar-refractivity contribution in [3.05, 3.63) is 59.6 Å². The third-order valence-corrected chi connectivity index (χ3v) is 3.72. The van der Waals surface area contributed by atoms with Gasteiger partial charge in [-0.3, -0.25) is 4.98 Å². The molecule has 3 rings (SSSR count). The summed E-state index contributed by atoms with van der Waals surface area (Å²) in [6, 6.07) is 9.95. The molecule has 2 aromatic heterocycles. The number of aromatic nitrogens is 3. The number of hydrogen-bond donors (Lipinski definition) is 2. The number of halogens is 2. The standard InChI is InChI=1S/C19H19ClFN5/c1-19(2,3)26-18-23-15(12-7-9-22-10-8-12)11-16(25-18)24-17-13(20)5-4-6-14(17)21/h4-11H,1-3H3,(H2,23,24,25,26). The molecule has 2 N–H and O–H groups in total. The van der Waals surface area contributed by atoms with E-state index in [1.165, 1.54) is 6.07 Å². The molecule has 7 heteroatoms. The van der Waals surface area contributed by atoms with Crippen molar-refractivity contribution in [2.75, 3.05) is 10.6 Å². The Morgan fingerprint density at radius 1 is 1.04 bits per heavy atom. The third kappa shape index (κ3) is 4.46. The van der Waals surface area contributed by atoms with E-state index < -0.39 is 5.82 Å². The molecular weight excluding hydrogens is 353 g/mol. The molecular formula is C19H19ClFN5. The Morgan fingerprint density at radius 3 is 2.42 bits per heavy atom. The number of nitrogens with zero attached hydrogens (tertiary/aromatic N) is 3. The summed E-state index contributed by atoms with van der Waals surface area (Å²) in [7, 11) is 0. The van der Waals surface area contributed by atoms with Gasteiger partial charge in [0.25, 0.3) is 0 Å². The molecule has 134 valence electrons. The zero-order valence-electron chi connectivity index (χ0n) is 14.7. The number of benzene rings is 1. The molecule has 0 aliphatic carbocycles. The summed E-state index contributed by atoms with van der Waals surface area (Å²) >= 11 is 6.11. The number of anilines is 3. The van der Waals surface area contributed by atoms with Gasteiger partial charge in [0.2, 0.25) is 5.95 Å². The molecule has 0 fully saturated rings. The zero-order chi connectivity index (χ0) is 18.7. The first-order valence-corrected chi connectivity index (χ1v) is 8.48. The largest absolute Gasteiger partial charge is 0.350 e. The molecule has 2 heterocycles. The van der Waals surface area contributed by atoms with Crippen molar-refractivity contribution < 1.29 is 4.39 Å². The van der Waals surface area contributed by atoms with Gasteiger partial charge in [-0.25, -0.2) is 9.37 Å². The van der Waals surface area contributed by atoms with Crippen molar-refractivity contribution in [1.29, 1.82) is 0 Å². The Balaban J connectivity index is 2.05. The van der Waals surface area contributed by atoms with E-state index in [-0.39, 0.29) is 16.2 Å². The molecule has 0 atom stereocenters. The normalized spacial score (nSPS) is 11.3. The molecule has 0 radical (unpaired) electrons. The van der Waals surface area contributed by atoms with Crippen LogP contribution in [-0.2, 0) is 0 Å². The second kappa shape index (κ2) is 7.25. The highest BCUT2D eigenvalue weighted by Crippen LogP contribution is 2.29. The van der Waals surface area contributed by atoms with Crippen LogP contribution in [0.4, 0.5) is 21.8 Å². The predicted molar refractivity (Wildman–Crippen MR) is 103 cm³/mol. The Kier molecular flexibility index (Phi) is 5.04. The summed E-state index contributed by atoms with van der Waals surface area (Å²) in [6.45, 7) is 6.03. The lowest BCUT2D eigenvalue weighted by molar-refractivity contribution is 0.625. The van der Waals surface area contributed by atoms with Crippen LogP contribution in [0.5, 0.6) is 0 Å². The van der Waals surface area contributed by atoms with Gasteiger partial charge in [0.15, 0.2) is 0 Å². The van der Waals surface area contributed by atoms with Crippen molar-refractivity contribution in [3.63, 3.8) is 0 Å². The van der Waals surface area contributed by atoms with Crippen molar-refractivity contribution in [3.8, 4) is 11.3 Å². The van der Waals surface area contributed by atoms with E-state index in [0.717, 1.165) is 5.56 Å². The minimum absolute atomic E-state index is 0.176. The molecule has 5 nitrogen and oxygen atoms in total. The van der Waals surface area contributed by atoms with Crippen LogP contribution in [0.25, 0.3) is 11.3 Å². The fraction of sp³-hybridized carbons (Fsp3) is 0.211. The molecule has 0 spiro atoms. The third-order valence-electron chi connectivity index (χ3n) is 3.40. The van der Waals surface area contributed by atoms with Gasteiger partial charge in [-0.05, 0) is 45.0 Å². The average molecular weight is 372 g/mol. The Labute approximate surface area is 156 Å². The maximum atomic E-state index is 14.1. The van der Waals surface area contributed by atoms with Gasteiger partial charge >= 0.3 is 0 Å². The second-order valence-corrected chi connectivity index (χ2v) is 7.20. The van der Waals surface area contributed by atoms with Gasteiger partial charge in [0.05, 0.1) is 16.4 Å². The lowest BCUT2D eigenvalue weighted by atomic mass is 10.1. The SMILES string of the molecule is CC(C)(C)Nc1nc(Nc2c(F)cccc2Cl)cc(-c2ccncc2)n1. The van der Waals surface area contributed by atoms with Crippen LogP contribution in [0, 0.1) is 5.82 Å². The van der Waals surface area contributed by atoms with Gasteiger partial charge in [0.1, 0.15) is 11.6 Å². The topological polar surface area (TPSA) is 62.7 Å². The van der Waals surface area contributed by atoms with E-state index in [0.29, 0.717) is 17.5 Å². The number of hydrogen-bond acceptors (Lipinski definition) is 5. The van der Waals surface area contributed by atoms with Gasteiger partial charge in [-0.15, -0.1) is 0 Å². The Hall–Kier alpha value is -2.73. The zero-order valence-corrected chi connectivity index (χ0v) is 15.5. The smallest absolute Gasteiger partial charge is 0.225 e. The first-order chi connectivity index (χ1) is 12.3. The highest BCUT2D eigenvalue weighted by Gasteiger charge is 2.15. The fourth-order valence-corrected chi connectivity index (χ4v) is 2.53. The lowest BCUT2D eigenvalue weighted by Gasteiger charge is -2.21. The summed E-state index contributed by atoms with van der Waals surface area (Å²) < 4.78 is 14.1. The van der Waals surface area contributed by atoms with E-state index in [9.17, 15) is 4.39 Å². The summed E-state index contributed by atoms with van der Waals surface area (Å²) in [5.41, 5.74) is 1.51. The highest BCUT2D eigenvalue weighted by molar-refractivity contribution is 6.33. The van der Waals surface area contributed by atoms with Crippen LogP contribution in [0.1, 0.15) is 20.8 Å². The molecule has 1 aromatic carbocycles. The molecule has 0 aliphatic heterocycles. The van der Waals surface area contributed by atoms with Crippen LogP contribution in [0.3, 0.4) is 0 Å². The molecule has 0 aliphatic rings. The van der Waals surface area contributed by atoms with Crippen LogP contribution in [-0.4, -0.2) is 20.5 Å². The van der Waals surface area contributed by atoms with Crippen LogP contribution in [0.15, 0.2) is 48.8 Å². The molecule has 3 aromatic rings. The van der Waals surface area contributed by atoms with Gasteiger partial charge in [-0.2, -0.15) is 4.98 Å². The first-order valence-electron chi connectivity index (χ1n) is 8.10. The van der Waals surface area contributed by atoms with E-state index in [4.69, 9.17) is 11.6 Å². The monoisotopic (exact) mass is 371 g/mol. The molecule has 0 amide bonds. The number of rotatable bonds is 4. The Bertz CT molecular complexity index is 889. The van der Waals surface area contributed by atoms with E-state index in [2.05, 4.69) is 25.6 Å². The molecule has 0 saturated heterocycles. The second-order valence-electron chi connectivity index (χ2n) is 6.79. The molecule has 0 unspecified atom stereocenters. The van der Waals surface area contributed by atoms with Crippen molar-refractivity contribution in [2.45, 2.75) is 26.3 Å². The van der Waals surface area contributed by atoms with Crippen molar-refractivity contribution in [1.82, 2.24) is 15.0 Å². The lowest BCUT2D eigenvalue weighted by Crippen LogP contribution is -2.27. The van der Waals surface area contributed by atoms with E-state index in [1.54, 1.807) is 30.6 Å². The maximum absolute atomic E-state index is 14.1. The number of nitrogens with one attached hydrogen (secondary N) is 2. The minimum atomic E-state index is -0.452. The first kappa shape index (κ1) is 18.1. The van der Waals surface area contributed by atoms with Crippen LogP contribution < -0.4 is 10.6 Å². The number of pyridine rings is 1. The molecule has 26 heavy (non-hydrogen) atoms. The van der Waals surface area contributed by atoms with Crippen LogP contribution >= 0.6 is 11.6 Å². The number of para-hydroxylation sites is 1. The summed E-state index contributed by atoms with van der Waals surface area (Å²) in [5.74, 6) is 0.416. The summed E-state index contributed by atoms with van der Waals surface area (Å²) in [5, 5.41) is 6.48. The van der Waals surface area contributed by atoms with Gasteiger partial charge < -0.3 is 10.6 Å². The van der Waals surface area contributed by atoms with E-state index >= 15 is 0 Å². The summed E-state index contributed by atoms with van der Waals surface area (Å²) in [6.07, 6.45) is 3.38. The maximum Gasteiger partial charge on any atom is 0.225 e. The van der Waals surface area contributed by atoms with Crippen LogP contribution in [0.2, 0.25) is 5.02 Å². The quantitative estimate of drug-likeness (QED) is 0.652. The van der Waals surface area contributed by atoms with Gasteiger partial charge in [0, 0.05) is 29.6 Å². The van der Waals surface area contributed by atoms with Crippen molar-refractivity contribution in [2.24, 2.45) is 0 Å². The van der Waals surface area contributed by atoms with Crippen molar-refractivity contribution >= 4 is 29.1 Å². The van der Waals surface area contributed by atoms with E-state index in [1.807, 2.05) is 32.9 Å². The highest BCUT2D eigenvalue weighted by atomic mass is 35.5. The summed E-state index contributed by atoms with van der Waals surface area (Å²) in [4.78, 5) is 13.0. The molecule has 0 saturated carbocycles. The van der Waals surface area contributed by atoms with Gasteiger partial charge in [-0.1, -0.05) is 17.7 Å². The predicted octanol–water partition coefficient (Wildman–Crippen LogP) is 5.29. The Morgan fingerprint density at radius 2 is 1.77 bits per heavy atom. The minimum Gasteiger partial charge on any atom is -0.350 e.